The van der Waals surface area contributed by atoms with Gasteiger partial charge in [0, 0.05) is 24.2 Å². The molecule has 0 saturated heterocycles. The highest BCUT2D eigenvalue weighted by molar-refractivity contribution is 5.91. The van der Waals surface area contributed by atoms with Crippen molar-refractivity contribution < 1.29 is 47.2 Å². The number of carboxylic acid groups (broad SMARTS) is 1. The number of hydrogen-bond donors (Lipinski definition) is 2. The number of carbonyl (C=O) groups excluding carboxylic acids is 2. The molecule has 222 valence electrons. The van der Waals surface area contributed by atoms with Gasteiger partial charge in [0.25, 0.3) is 0 Å². The smallest absolute Gasteiger partial charge is 0.479 e. The van der Waals surface area contributed by atoms with Crippen LogP contribution in [-0.4, -0.2) is 52.9 Å². The summed E-state index contributed by atoms with van der Waals surface area (Å²) in [6, 6.07) is 5.44. The summed E-state index contributed by atoms with van der Waals surface area (Å²) in [6.45, 7) is 9.54. The molecule has 0 bridgehead atoms. The number of rotatable bonds is 9. The van der Waals surface area contributed by atoms with Crippen molar-refractivity contribution >= 4 is 18.1 Å². The number of aliphatic carboxylic acids is 1. The lowest BCUT2D eigenvalue weighted by Crippen LogP contribution is -2.61. The molecule has 1 aromatic carbocycles. The first-order chi connectivity index (χ1) is 18.6. The minimum absolute atomic E-state index is 0.0736. The molecule has 0 aromatic heterocycles. The van der Waals surface area contributed by atoms with E-state index in [1.165, 1.54) is 31.2 Å². The van der Waals surface area contributed by atoms with E-state index in [9.17, 15) is 23.9 Å². The summed E-state index contributed by atoms with van der Waals surface area (Å²) < 4.78 is 50.5. The van der Waals surface area contributed by atoms with Gasteiger partial charge in [-0.25, -0.2) is 23.2 Å². The Kier molecular flexibility index (Phi) is 8.21. The van der Waals surface area contributed by atoms with E-state index in [1.807, 2.05) is 0 Å². The Morgan fingerprint density at radius 3 is 2.35 bits per heavy atom. The molecule has 9 nitrogen and oxygen atoms in total. The van der Waals surface area contributed by atoms with Crippen molar-refractivity contribution in [1.29, 1.82) is 0 Å². The molecule has 1 unspecified atom stereocenters. The van der Waals surface area contributed by atoms with Crippen LogP contribution in [0.4, 0.5) is 13.6 Å². The zero-order chi connectivity index (χ0) is 29.6. The standard InChI is InChI=1S/C29H39F2NO8/c1-15(2)27(5)11-10-16(3)12-21(27)40-26(36)39-17(4)38-25(35)29(32)22(13-20-23(29)28(20,31)24(33)34)37-14-18-6-8-19(30)9-7-18/h6-9,15-17,20-23H,10-14,32H2,1-5H3,(H,33,34)/t16-,17?,20+,21-,22+,23-,27-,28+,29-/m0/s1. The Bertz CT molecular complexity index is 1130. The molecule has 40 heavy (non-hydrogen) atoms. The first-order valence-corrected chi connectivity index (χ1v) is 13.8. The molecule has 0 amide bonds. The van der Waals surface area contributed by atoms with E-state index in [1.54, 1.807) is 0 Å². The third-order valence-corrected chi connectivity index (χ3v) is 9.47. The summed E-state index contributed by atoms with van der Waals surface area (Å²) in [7, 11) is 0. The Hall–Kier alpha value is -2.79. The maximum Gasteiger partial charge on any atom is 0.511 e. The summed E-state index contributed by atoms with van der Waals surface area (Å²) in [5.74, 6) is -5.13. The van der Waals surface area contributed by atoms with Crippen molar-refractivity contribution in [3.63, 3.8) is 0 Å². The molecule has 11 heteroatoms. The minimum atomic E-state index is -2.70. The fourth-order valence-corrected chi connectivity index (χ4v) is 6.44. The van der Waals surface area contributed by atoms with Crippen molar-refractivity contribution in [2.45, 2.75) is 96.6 Å². The second-order valence-electron chi connectivity index (χ2n) is 12.2. The van der Waals surface area contributed by atoms with Gasteiger partial charge in [0.2, 0.25) is 12.0 Å². The predicted molar refractivity (Wildman–Crippen MR) is 138 cm³/mol. The zero-order valence-electron chi connectivity index (χ0n) is 23.5. The van der Waals surface area contributed by atoms with Gasteiger partial charge in [-0.1, -0.05) is 39.8 Å². The number of esters is 1. The lowest BCUT2D eigenvalue weighted by Gasteiger charge is -2.45. The molecule has 4 rings (SSSR count). The lowest BCUT2D eigenvalue weighted by molar-refractivity contribution is -0.185. The number of alkyl halides is 1. The van der Waals surface area contributed by atoms with E-state index in [0.29, 0.717) is 17.9 Å². The van der Waals surface area contributed by atoms with Crippen LogP contribution in [0.15, 0.2) is 24.3 Å². The zero-order valence-corrected chi connectivity index (χ0v) is 23.5. The van der Waals surface area contributed by atoms with Crippen LogP contribution < -0.4 is 5.73 Å². The number of halogens is 2. The molecule has 0 radical (unpaired) electrons. The highest BCUT2D eigenvalue weighted by Gasteiger charge is 2.85. The minimum Gasteiger partial charge on any atom is -0.479 e. The third kappa shape index (κ3) is 5.30. The molecule has 3 aliphatic carbocycles. The molecule has 9 atom stereocenters. The van der Waals surface area contributed by atoms with Crippen LogP contribution in [0.3, 0.4) is 0 Å². The number of carbonyl (C=O) groups is 3. The van der Waals surface area contributed by atoms with E-state index >= 15 is 4.39 Å². The highest BCUT2D eigenvalue weighted by atomic mass is 19.1. The van der Waals surface area contributed by atoms with Gasteiger partial charge in [0.1, 0.15) is 17.5 Å². The first kappa shape index (κ1) is 30.2. The number of carboxylic acids is 1. The average Bonchev–Trinajstić information content (AvgIpc) is 3.35. The van der Waals surface area contributed by atoms with Gasteiger partial charge in [0.05, 0.1) is 12.7 Å². The quantitative estimate of drug-likeness (QED) is 0.320. The van der Waals surface area contributed by atoms with Crippen molar-refractivity contribution in [3.05, 3.63) is 35.6 Å². The third-order valence-electron chi connectivity index (χ3n) is 9.47. The number of benzene rings is 1. The molecule has 0 aliphatic heterocycles. The van der Waals surface area contributed by atoms with Crippen molar-refractivity contribution in [2.24, 2.45) is 34.8 Å². The van der Waals surface area contributed by atoms with Gasteiger partial charge >= 0.3 is 18.1 Å². The largest absolute Gasteiger partial charge is 0.511 e. The summed E-state index contributed by atoms with van der Waals surface area (Å²) in [6.07, 6.45) is -1.47. The van der Waals surface area contributed by atoms with Crippen LogP contribution in [0, 0.1) is 34.9 Å². The summed E-state index contributed by atoms with van der Waals surface area (Å²) in [4.78, 5) is 37.7. The van der Waals surface area contributed by atoms with E-state index < -0.39 is 59.3 Å². The van der Waals surface area contributed by atoms with Crippen LogP contribution >= 0.6 is 0 Å². The van der Waals surface area contributed by atoms with E-state index in [0.717, 1.165) is 12.8 Å². The van der Waals surface area contributed by atoms with Crippen LogP contribution in [0.1, 0.15) is 65.9 Å². The second-order valence-corrected chi connectivity index (χ2v) is 12.2. The molecule has 3 N–H and O–H groups in total. The average molecular weight is 568 g/mol. The Balaban J connectivity index is 1.42. The van der Waals surface area contributed by atoms with E-state index in [4.69, 9.17) is 24.7 Å². The van der Waals surface area contributed by atoms with Gasteiger partial charge in [-0.15, -0.1) is 0 Å². The number of ether oxygens (including phenoxy) is 4. The van der Waals surface area contributed by atoms with Crippen molar-refractivity contribution in [3.8, 4) is 0 Å². The number of nitrogens with two attached hydrogens (primary N) is 1. The molecular formula is C29H39F2NO8. The molecule has 0 heterocycles. The lowest BCUT2D eigenvalue weighted by atomic mass is 9.64. The second kappa shape index (κ2) is 10.9. The van der Waals surface area contributed by atoms with Gasteiger partial charge in [0.15, 0.2) is 0 Å². The maximum atomic E-state index is 15.3. The van der Waals surface area contributed by atoms with Crippen molar-refractivity contribution in [1.82, 2.24) is 0 Å². The fourth-order valence-electron chi connectivity index (χ4n) is 6.44. The Morgan fingerprint density at radius 1 is 1.10 bits per heavy atom. The molecule has 1 aromatic rings. The van der Waals surface area contributed by atoms with E-state index in [2.05, 4.69) is 27.7 Å². The van der Waals surface area contributed by atoms with Crippen molar-refractivity contribution in [2.75, 3.05) is 0 Å². The summed E-state index contributed by atoms with van der Waals surface area (Å²) in [5.41, 5.74) is 1.88. The molecule has 3 fully saturated rings. The first-order valence-electron chi connectivity index (χ1n) is 13.8. The molecule has 3 saturated carbocycles. The normalized spacial score (nSPS) is 37.4. The molecule has 0 spiro atoms. The van der Waals surface area contributed by atoms with Crippen LogP contribution in [-0.2, 0) is 35.1 Å². The maximum absolute atomic E-state index is 15.3. The fraction of sp³-hybridized carbons (Fsp3) is 0.690. The van der Waals surface area contributed by atoms with Crippen LogP contribution in [0.2, 0.25) is 0 Å². The molecule has 3 aliphatic rings. The number of hydrogen-bond acceptors (Lipinski definition) is 8. The number of fused-ring (bicyclic) bond motifs is 1. The Labute approximate surface area is 232 Å². The van der Waals surface area contributed by atoms with Crippen LogP contribution in [0.5, 0.6) is 0 Å². The SMILES string of the molecule is CC(OC(=O)O[C@H]1C[C@@H](C)CC[C@@]1(C)C(C)C)OC(=O)[C@@]1(N)[C@H]2[C@@H](C[C@H]1OCc1ccc(F)cc1)[C@]2(F)C(=O)O. The van der Waals surface area contributed by atoms with Gasteiger partial charge in [-0.3, -0.25) is 0 Å². The van der Waals surface area contributed by atoms with E-state index in [-0.39, 0.29) is 30.5 Å². The summed E-state index contributed by atoms with van der Waals surface area (Å²) in [5, 5.41) is 9.46. The summed E-state index contributed by atoms with van der Waals surface area (Å²) >= 11 is 0. The van der Waals surface area contributed by atoms with Gasteiger partial charge in [-0.05, 0) is 55.2 Å². The molecular weight excluding hydrogens is 528 g/mol. The highest BCUT2D eigenvalue weighted by Crippen LogP contribution is 2.67. The van der Waals surface area contributed by atoms with Crippen LogP contribution in [0.25, 0.3) is 0 Å². The monoisotopic (exact) mass is 567 g/mol. The Morgan fingerprint density at radius 2 is 1.75 bits per heavy atom. The predicted octanol–water partition coefficient (Wildman–Crippen LogP) is 4.74. The van der Waals surface area contributed by atoms with Gasteiger partial charge < -0.3 is 29.8 Å². The van der Waals surface area contributed by atoms with Gasteiger partial charge in [-0.2, -0.15) is 0 Å². The topological polar surface area (TPSA) is 134 Å².